The quantitative estimate of drug-likeness (QED) is 0.567. The van der Waals surface area contributed by atoms with Crippen LogP contribution in [0.15, 0.2) is 12.1 Å². The molecule has 1 fully saturated rings. The first-order chi connectivity index (χ1) is 11.4. The molecule has 1 aliphatic rings. The third-order valence-electron chi connectivity index (χ3n) is 4.37. The summed E-state index contributed by atoms with van der Waals surface area (Å²) in [5.74, 6) is -0.724. The molecular formula is C19H26O5. The number of esters is 1. The van der Waals surface area contributed by atoms with Crippen molar-refractivity contribution in [1.82, 2.24) is 0 Å². The Morgan fingerprint density at radius 3 is 2.58 bits per heavy atom. The average Bonchev–Trinajstić information content (AvgIpc) is 3.06. The summed E-state index contributed by atoms with van der Waals surface area (Å²) in [7, 11) is 0. The van der Waals surface area contributed by atoms with E-state index in [2.05, 4.69) is 0 Å². The average molecular weight is 334 g/mol. The fraction of sp³-hybridized carbons (Fsp3) is 0.579. The van der Waals surface area contributed by atoms with E-state index in [0.717, 1.165) is 36.1 Å². The zero-order valence-corrected chi connectivity index (χ0v) is 14.9. The number of ketones is 1. The first-order valence-electron chi connectivity index (χ1n) is 8.39. The van der Waals surface area contributed by atoms with E-state index < -0.39 is 12.1 Å². The Morgan fingerprint density at radius 2 is 1.92 bits per heavy atom. The lowest BCUT2D eigenvalue weighted by molar-refractivity contribution is -0.156. The van der Waals surface area contributed by atoms with E-state index in [1.807, 2.05) is 32.9 Å². The van der Waals surface area contributed by atoms with E-state index in [4.69, 9.17) is 14.2 Å². The Labute approximate surface area is 143 Å². The fourth-order valence-corrected chi connectivity index (χ4v) is 2.69. The van der Waals surface area contributed by atoms with Gasteiger partial charge in [0.15, 0.2) is 12.7 Å². The number of carbonyl (C=O) groups is 2. The van der Waals surface area contributed by atoms with Gasteiger partial charge in [-0.2, -0.15) is 0 Å². The normalized spacial score (nSPS) is 18.4. The minimum Gasteiger partial charge on any atom is -0.455 e. The molecule has 2 rings (SSSR count). The maximum atomic E-state index is 12.3. The van der Waals surface area contributed by atoms with Gasteiger partial charge in [0.25, 0.3) is 0 Å². The molecule has 0 N–H and O–H groups in total. The number of rotatable bonds is 7. The van der Waals surface area contributed by atoms with E-state index in [9.17, 15) is 9.59 Å². The number of aryl methyl sites for hydroxylation is 3. The number of hydrogen-bond donors (Lipinski definition) is 0. The largest absolute Gasteiger partial charge is 0.455 e. The molecule has 0 spiro atoms. The topological polar surface area (TPSA) is 61.8 Å². The van der Waals surface area contributed by atoms with Gasteiger partial charge in [0, 0.05) is 12.2 Å². The molecule has 0 aliphatic carbocycles. The van der Waals surface area contributed by atoms with Crippen LogP contribution in [0.4, 0.5) is 0 Å². The van der Waals surface area contributed by atoms with Crippen molar-refractivity contribution in [3.8, 4) is 0 Å². The van der Waals surface area contributed by atoms with Gasteiger partial charge in [-0.25, -0.2) is 4.79 Å². The Morgan fingerprint density at radius 1 is 1.21 bits per heavy atom. The van der Waals surface area contributed by atoms with E-state index in [1.54, 1.807) is 6.92 Å². The van der Waals surface area contributed by atoms with Gasteiger partial charge in [0.05, 0.1) is 12.7 Å². The van der Waals surface area contributed by atoms with Crippen LogP contribution < -0.4 is 0 Å². The second-order valence-electron chi connectivity index (χ2n) is 6.39. The van der Waals surface area contributed by atoms with Crippen molar-refractivity contribution in [2.45, 2.75) is 52.7 Å². The summed E-state index contributed by atoms with van der Waals surface area (Å²) in [5.41, 5.74) is 3.67. The molecule has 2 atom stereocenters. The van der Waals surface area contributed by atoms with Crippen LogP contribution in [0, 0.1) is 20.8 Å². The van der Waals surface area contributed by atoms with Crippen molar-refractivity contribution in [1.29, 1.82) is 0 Å². The van der Waals surface area contributed by atoms with Crippen LogP contribution >= 0.6 is 0 Å². The Balaban J connectivity index is 1.82. The molecule has 1 aromatic carbocycles. The van der Waals surface area contributed by atoms with Gasteiger partial charge in [-0.3, -0.25) is 4.79 Å². The number of ether oxygens (including phenoxy) is 3. The highest BCUT2D eigenvalue weighted by Crippen LogP contribution is 2.16. The van der Waals surface area contributed by atoms with Crippen molar-refractivity contribution in [3.63, 3.8) is 0 Å². The Kier molecular flexibility index (Phi) is 6.52. The van der Waals surface area contributed by atoms with Gasteiger partial charge in [-0.1, -0.05) is 6.07 Å². The highest BCUT2D eigenvalue weighted by Gasteiger charge is 2.22. The predicted octanol–water partition coefficient (Wildman–Crippen LogP) is 2.92. The van der Waals surface area contributed by atoms with Crippen LogP contribution in [0.3, 0.4) is 0 Å². The van der Waals surface area contributed by atoms with Crippen molar-refractivity contribution in [2.75, 3.05) is 19.8 Å². The standard InChI is InChI=1S/C19H26O5/c1-12-8-14(3)17(9-13(12)2)18(20)11-24-19(21)15(4)23-10-16-6-5-7-22-16/h8-9,15-16H,5-7,10-11H2,1-4H3. The summed E-state index contributed by atoms with van der Waals surface area (Å²) in [4.78, 5) is 24.2. The molecule has 5 nitrogen and oxygen atoms in total. The molecule has 0 amide bonds. The van der Waals surface area contributed by atoms with Crippen molar-refractivity contribution >= 4 is 11.8 Å². The molecule has 0 bridgehead atoms. The molecular weight excluding hydrogens is 308 g/mol. The zero-order valence-electron chi connectivity index (χ0n) is 14.9. The number of benzene rings is 1. The van der Waals surface area contributed by atoms with E-state index in [1.165, 1.54) is 0 Å². The molecule has 1 aromatic rings. The lowest BCUT2D eigenvalue weighted by atomic mass is 9.98. The second kappa shape index (κ2) is 8.40. The van der Waals surface area contributed by atoms with Gasteiger partial charge >= 0.3 is 5.97 Å². The number of carbonyl (C=O) groups excluding carboxylic acids is 2. The molecule has 5 heteroatoms. The van der Waals surface area contributed by atoms with Crippen molar-refractivity contribution in [3.05, 3.63) is 34.4 Å². The van der Waals surface area contributed by atoms with Crippen molar-refractivity contribution in [2.24, 2.45) is 0 Å². The third-order valence-corrected chi connectivity index (χ3v) is 4.37. The van der Waals surface area contributed by atoms with E-state index in [-0.39, 0.29) is 18.5 Å². The van der Waals surface area contributed by atoms with Crippen LogP contribution in [-0.2, 0) is 19.0 Å². The third kappa shape index (κ3) is 4.89. The van der Waals surface area contributed by atoms with Crippen LogP contribution in [0.2, 0.25) is 0 Å². The molecule has 132 valence electrons. The SMILES string of the molecule is Cc1cc(C)c(C(=O)COC(=O)C(C)OCC2CCCO2)cc1C. The van der Waals surface area contributed by atoms with Gasteiger partial charge in [-0.05, 0) is 63.3 Å². The summed E-state index contributed by atoms with van der Waals surface area (Å²) in [5, 5.41) is 0. The van der Waals surface area contributed by atoms with Gasteiger partial charge < -0.3 is 14.2 Å². The van der Waals surface area contributed by atoms with Gasteiger partial charge in [-0.15, -0.1) is 0 Å². The van der Waals surface area contributed by atoms with Crippen LogP contribution in [0.5, 0.6) is 0 Å². The summed E-state index contributed by atoms with van der Waals surface area (Å²) in [6, 6.07) is 3.82. The molecule has 2 unspecified atom stereocenters. The molecule has 0 saturated carbocycles. The smallest absolute Gasteiger partial charge is 0.335 e. The monoisotopic (exact) mass is 334 g/mol. The van der Waals surface area contributed by atoms with Gasteiger partial charge in [0.2, 0.25) is 5.78 Å². The highest BCUT2D eigenvalue weighted by atomic mass is 16.6. The maximum Gasteiger partial charge on any atom is 0.335 e. The minimum atomic E-state index is -0.706. The van der Waals surface area contributed by atoms with Crippen LogP contribution in [-0.4, -0.2) is 43.8 Å². The number of hydrogen-bond acceptors (Lipinski definition) is 5. The molecule has 1 saturated heterocycles. The summed E-state index contributed by atoms with van der Waals surface area (Å²) in [6.07, 6.45) is 1.33. The highest BCUT2D eigenvalue weighted by molar-refractivity contribution is 5.99. The van der Waals surface area contributed by atoms with E-state index in [0.29, 0.717) is 12.2 Å². The summed E-state index contributed by atoms with van der Waals surface area (Å²) < 4.78 is 16.0. The summed E-state index contributed by atoms with van der Waals surface area (Å²) in [6.45, 7) is 8.33. The zero-order chi connectivity index (χ0) is 17.7. The molecule has 0 radical (unpaired) electrons. The second-order valence-corrected chi connectivity index (χ2v) is 6.39. The predicted molar refractivity (Wildman–Crippen MR) is 90.3 cm³/mol. The van der Waals surface area contributed by atoms with Crippen LogP contribution in [0.25, 0.3) is 0 Å². The maximum absolute atomic E-state index is 12.3. The minimum absolute atomic E-state index is 0.0556. The van der Waals surface area contributed by atoms with Gasteiger partial charge in [0.1, 0.15) is 0 Å². The first-order valence-corrected chi connectivity index (χ1v) is 8.39. The van der Waals surface area contributed by atoms with Crippen LogP contribution in [0.1, 0.15) is 46.8 Å². The lowest BCUT2D eigenvalue weighted by Crippen LogP contribution is -2.29. The van der Waals surface area contributed by atoms with E-state index >= 15 is 0 Å². The number of Topliss-reactive ketones (excluding diaryl/α,β-unsaturated/α-hetero) is 1. The molecule has 0 aromatic heterocycles. The molecule has 24 heavy (non-hydrogen) atoms. The lowest BCUT2D eigenvalue weighted by Gasteiger charge is -2.15. The Bertz CT molecular complexity index is 602. The fourth-order valence-electron chi connectivity index (χ4n) is 2.69. The molecule has 1 heterocycles. The van der Waals surface area contributed by atoms with Crippen molar-refractivity contribution < 1.29 is 23.8 Å². The Hall–Kier alpha value is -1.72. The molecule has 1 aliphatic heterocycles. The first kappa shape index (κ1) is 18.6. The summed E-state index contributed by atoms with van der Waals surface area (Å²) >= 11 is 0.